The maximum atomic E-state index is 14.7. The van der Waals surface area contributed by atoms with Crippen LogP contribution >= 0.6 is 11.6 Å². The fourth-order valence-electron chi connectivity index (χ4n) is 6.04. The molecule has 0 radical (unpaired) electrons. The molecule has 5 rings (SSSR count). The highest BCUT2D eigenvalue weighted by Gasteiger charge is 2.51. The van der Waals surface area contributed by atoms with Crippen LogP contribution in [0.1, 0.15) is 34.9 Å². The molecule has 0 aromatic heterocycles. The van der Waals surface area contributed by atoms with Crippen molar-refractivity contribution in [1.29, 1.82) is 0 Å². The molecule has 0 saturated carbocycles. The highest BCUT2D eigenvalue weighted by molar-refractivity contribution is 6.31. The molecule has 234 valence electrons. The topological polar surface area (TPSA) is 108 Å². The molecule has 2 N–H and O–H groups in total. The number of ether oxygens (including phenoxy) is 3. The van der Waals surface area contributed by atoms with Crippen LogP contribution < -0.4 is 15.4 Å². The van der Waals surface area contributed by atoms with Crippen LogP contribution in [0.25, 0.3) is 0 Å². The molecule has 1 heterocycles. The first-order chi connectivity index (χ1) is 21.4. The Morgan fingerprint density at radius 1 is 0.956 bits per heavy atom. The molecule has 8 nitrogen and oxygen atoms in total. The molecule has 3 atom stereocenters. The summed E-state index contributed by atoms with van der Waals surface area (Å²) < 4.78 is 57.0. The molecule has 0 bridgehead atoms. The highest BCUT2D eigenvalue weighted by atomic mass is 35.5. The molecule has 0 fully saturated rings. The van der Waals surface area contributed by atoms with Gasteiger partial charge in [-0.2, -0.15) is 13.2 Å². The van der Waals surface area contributed by atoms with Gasteiger partial charge in [0.1, 0.15) is 17.5 Å². The summed E-state index contributed by atoms with van der Waals surface area (Å²) in [6.07, 6.45) is -4.74. The average molecular weight is 641 g/mol. The summed E-state index contributed by atoms with van der Waals surface area (Å²) in [5.41, 5.74) is 6.52. The molecule has 0 amide bonds. The van der Waals surface area contributed by atoms with E-state index in [1.807, 2.05) is 0 Å². The minimum Gasteiger partial charge on any atom is -0.497 e. The number of allylic oxidation sites excluding steroid dienone is 2. The summed E-state index contributed by atoms with van der Waals surface area (Å²) in [6.45, 7) is 0. The van der Waals surface area contributed by atoms with Crippen molar-refractivity contribution in [2.45, 2.75) is 24.4 Å². The number of benzene rings is 3. The average Bonchev–Trinajstić information content (AvgIpc) is 3.03. The van der Waals surface area contributed by atoms with E-state index < -0.39 is 47.2 Å². The largest absolute Gasteiger partial charge is 0.497 e. The summed E-state index contributed by atoms with van der Waals surface area (Å²) >= 11 is 6.61. The summed E-state index contributed by atoms with van der Waals surface area (Å²) in [4.78, 5) is 42.7. The minimum absolute atomic E-state index is 0.0322. The Morgan fingerprint density at radius 2 is 1.64 bits per heavy atom. The van der Waals surface area contributed by atoms with E-state index in [0.29, 0.717) is 16.9 Å². The number of nitrogens with two attached hydrogens (primary N) is 1. The lowest BCUT2D eigenvalue weighted by Crippen LogP contribution is -2.46. The second kappa shape index (κ2) is 12.3. The van der Waals surface area contributed by atoms with Crippen LogP contribution in [0.15, 0.2) is 95.5 Å². The van der Waals surface area contributed by atoms with Gasteiger partial charge in [0.2, 0.25) is 0 Å². The van der Waals surface area contributed by atoms with Gasteiger partial charge in [-0.3, -0.25) is 14.5 Å². The molecular formula is C33H28ClF3N2O6. The van der Waals surface area contributed by atoms with Gasteiger partial charge in [-0.1, -0.05) is 48.0 Å². The third kappa shape index (κ3) is 5.64. The van der Waals surface area contributed by atoms with E-state index in [4.69, 9.17) is 31.5 Å². The number of alkyl halides is 3. The van der Waals surface area contributed by atoms with Crippen LogP contribution in [-0.2, 0) is 30.0 Å². The number of methoxy groups -OCH3 is 3. The zero-order valence-corrected chi connectivity index (χ0v) is 25.1. The van der Waals surface area contributed by atoms with Gasteiger partial charge in [0.05, 0.1) is 38.4 Å². The lowest BCUT2D eigenvalue weighted by atomic mass is 9.67. The molecule has 2 aliphatic rings. The van der Waals surface area contributed by atoms with Crippen LogP contribution in [-0.4, -0.2) is 39.1 Å². The van der Waals surface area contributed by atoms with Crippen LogP contribution in [0.3, 0.4) is 0 Å². The molecule has 0 spiro atoms. The second-order valence-corrected chi connectivity index (χ2v) is 10.8. The summed E-state index contributed by atoms with van der Waals surface area (Å²) in [7, 11) is 3.76. The summed E-state index contributed by atoms with van der Waals surface area (Å²) in [5.74, 6) is -5.55. The first kappa shape index (κ1) is 31.6. The van der Waals surface area contributed by atoms with Crippen LogP contribution in [0.2, 0.25) is 5.02 Å². The van der Waals surface area contributed by atoms with Gasteiger partial charge in [-0.05, 0) is 53.9 Å². The van der Waals surface area contributed by atoms with E-state index in [9.17, 15) is 27.6 Å². The highest BCUT2D eigenvalue weighted by Crippen LogP contribution is 2.52. The standard InChI is InChI=1S/C33H28ClF3N2O6/c1-43-20-13-11-17(12-14-20)22-16-24-27(29(40)26(22)31(41)44-2)25(21-9-4-5-10-23(21)34)28(32(42)45-3)30(38)39(24)19-8-6-7-18(15-19)33(35,36)37/h4-15,22,25-26H,16,38H2,1-3H3. The van der Waals surface area contributed by atoms with E-state index in [2.05, 4.69) is 0 Å². The Labute approximate surface area is 261 Å². The number of ketones is 1. The van der Waals surface area contributed by atoms with E-state index in [-0.39, 0.29) is 39.8 Å². The van der Waals surface area contributed by atoms with Gasteiger partial charge in [0.15, 0.2) is 5.78 Å². The predicted molar refractivity (Wildman–Crippen MR) is 159 cm³/mol. The number of carbonyl (C=O) groups excluding carboxylic acids is 3. The maximum Gasteiger partial charge on any atom is 0.416 e. The molecule has 0 saturated heterocycles. The van der Waals surface area contributed by atoms with E-state index in [1.54, 1.807) is 48.5 Å². The third-order valence-corrected chi connectivity index (χ3v) is 8.44. The van der Waals surface area contributed by atoms with Crippen molar-refractivity contribution in [3.05, 3.63) is 117 Å². The number of hydrogen-bond donors (Lipinski definition) is 1. The fraction of sp³-hybridized carbons (Fsp3) is 0.242. The first-order valence-electron chi connectivity index (χ1n) is 13.7. The normalized spacial score (nSPS) is 20.1. The lowest BCUT2D eigenvalue weighted by molar-refractivity contribution is -0.150. The number of hydrogen-bond acceptors (Lipinski definition) is 8. The molecule has 12 heteroatoms. The molecular weight excluding hydrogens is 613 g/mol. The van der Waals surface area contributed by atoms with Crippen molar-refractivity contribution < 1.29 is 41.8 Å². The summed E-state index contributed by atoms with van der Waals surface area (Å²) in [6, 6.07) is 17.6. The number of anilines is 1. The Hall–Kier alpha value is -4.77. The molecule has 45 heavy (non-hydrogen) atoms. The number of rotatable bonds is 6. The Balaban J connectivity index is 1.84. The van der Waals surface area contributed by atoms with Crippen molar-refractivity contribution >= 4 is 35.0 Å². The molecule has 3 aromatic carbocycles. The van der Waals surface area contributed by atoms with E-state index >= 15 is 0 Å². The number of Topliss-reactive ketones (excluding diaryl/α,β-unsaturated/α-hetero) is 1. The quantitative estimate of drug-likeness (QED) is 0.254. The van der Waals surface area contributed by atoms with Gasteiger partial charge in [-0.15, -0.1) is 0 Å². The number of nitrogens with zero attached hydrogens (tertiary/aromatic N) is 1. The number of esters is 2. The van der Waals surface area contributed by atoms with Crippen LogP contribution in [0.5, 0.6) is 5.75 Å². The van der Waals surface area contributed by atoms with Gasteiger partial charge in [0.25, 0.3) is 0 Å². The van der Waals surface area contributed by atoms with E-state index in [1.165, 1.54) is 24.1 Å². The van der Waals surface area contributed by atoms with Crippen molar-refractivity contribution in [1.82, 2.24) is 0 Å². The number of halogens is 4. The zero-order chi connectivity index (χ0) is 32.6. The Kier molecular flexibility index (Phi) is 8.66. The van der Waals surface area contributed by atoms with Gasteiger partial charge in [0, 0.05) is 27.9 Å². The second-order valence-electron chi connectivity index (χ2n) is 10.4. The molecule has 1 aliphatic carbocycles. The fourth-order valence-corrected chi connectivity index (χ4v) is 6.28. The van der Waals surface area contributed by atoms with Crippen LogP contribution in [0.4, 0.5) is 18.9 Å². The Morgan fingerprint density at radius 3 is 2.24 bits per heavy atom. The zero-order valence-electron chi connectivity index (χ0n) is 24.4. The van der Waals surface area contributed by atoms with Gasteiger partial charge >= 0.3 is 18.1 Å². The summed E-state index contributed by atoms with van der Waals surface area (Å²) in [5, 5.41) is 0.191. The van der Waals surface area contributed by atoms with Gasteiger partial charge < -0.3 is 19.9 Å². The monoisotopic (exact) mass is 640 g/mol. The molecule has 1 aliphatic heterocycles. The molecule has 3 unspecified atom stereocenters. The minimum atomic E-state index is -4.70. The van der Waals surface area contributed by atoms with Crippen molar-refractivity contribution in [2.24, 2.45) is 11.7 Å². The predicted octanol–water partition coefficient (Wildman–Crippen LogP) is 6.11. The number of carbonyl (C=O) groups is 3. The SMILES string of the molecule is COC(=O)C1=C(N)N(c2cccc(C(F)(F)F)c2)C2=C(C(=O)C(C(=O)OC)C(c3ccc(OC)cc3)C2)C1c1ccccc1Cl. The molecule has 3 aromatic rings. The van der Waals surface area contributed by atoms with Crippen molar-refractivity contribution in [2.75, 3.05) is 26.2 Å². The van der Waals surface area contributed by atoms with Crippen molar-refractivity contribution in [3.8, 4) is 5.75 Å². The Bertz CT molecular complexity index is 1730. The third-order valence-electron chi connectivity index (χ3n) is 8.09. The maximum absolute atomic E-state index is 14.7. The first-order valence-corrected chi connectivity index (χ1v) is 14.1. The van der Waals surface area contributed by atoms with Crippen LogP contribution in [0, 0.1) is 5.92 Å². The van der Waals surface area contributed by atoms with Crippen molar-refractivity contribution in [3.63, 3.8) is 0 Å². The van der Waals surface area contributed by atoms with Gasteiger partial charge in [-0.25, -0.2) is 4.79 Å². The smallest absolute Gasteiger partial charge is 0.416 e. The van der Waals surface area contributed by atoms with E-state index in [0.717, 1.165) is 26.4 Å². The lowest BCUT2D eigenvalue weighted by Gasteiger charge is -2.44.